The second kappa shape index (κ2) is 7.19. The Morgan fingerprint density at radius 1 is 1.19 bits per heavy atom. The van der Waals surface area contributed by atoms with Gasteiger partial charge >= 0.3 is 0 Å². The summed E-state index contributed by atoms with van der Waals surface area (Å²) in [5, 5.41) is 2.91. The van der Waals surface area contributed by atoms with Crippen molar-refractivity contribution in [2.75, 3.05) is 25.3 Å². The molecule has 0 radical (unpaired) electrons. The fourth-order valence-corrected chi connectivity index (χ4v) is 3.26. The van der Waals surface area contributed by atoms with Gasteiger partial charge in [0, 0.05) is 31.3 Å². The van der Waals surface area contributed by atoms with E-state index in [4.69, 9.17) is 14.2 Å². The number of ether oxygens (including phenoxy) is 3. The molecule has 0 aromatic heterocycles. The molecule has 4 rings (SSSR count). The Morgan fingerprint density at radius 3 is 2.74 bits per heavy atom. The predicted octanol–water partition coefficient (Wildman–Crippen LogP) is 2.09. The lowest BCUT2D eigenvalue weighted by atomic mass is 10.1. The van der Waals surface area contributed by atoms with Crippen LogP contribution >= 0.6 is 0 Å². The monoisotopic (exact) mass is 368 g/mol. The SMILES string of the molecule is COc1ccc(CNC(=O)C2CC(=O)N(c3ccc4c(c3)OCO4)C2)cc1. The topological polar surface area (TPSA) is 77.1 Å². The summed E-state index contributed by atoms with van der Waals surface area (Å²) in [6, 6.07) is 12.9. The van der Waals surface area contributed by atoms with E-state index < -0.39 is 0 Å². The van der Waals surface area contributed by atoms with Crippen molar-refractivity contribution in [3.63, 3.8) is 0 Å². The average molecular weight is 368 g/mol. The number of fused-ring (bicyclic) bond motifs is 1. The maximum absolute atomic E-state index is 12.5. The van der Waals surface area contributed by atoms with Crippen LogP contribution in [0, 0.1) is 5.92 Å². The van der Waals surface area contributed by atoms with Crippen molar-refractivity contribution in [1.82, 2.24) is 5.32 Å². The molecule has 27 heavy (non-hydrogen) atoms. The molecular formula is C20H20N2O5. The normalized spacial score (nSPS) is 17.9. The number of nitrogens with zero attached hydrogens (tertiary/aromatic N) is 1. The van der Waals surface area contributed by atoms with Gasteiger partial charge in [0.25, 0.3) is 0 Å². The molecule has 7 nitrogen and oxygen atoms in total. The fourth-order valence-electron chi connectivity index (χ4n) is 3.26. The third kappa shape index (κ3) is 3.53. The Labute approximate surface area is 156 Å². The Bertz CT molecular complexity index is 865. The van der Waals surface area contributed by atoms with Crippen molar-refractivity contribution >= 4 is 17.5 Å². The quantitative estimate of drug-likeness (QED) is 0.875. The first kappa shape index (κ1) is 17.2. The third-order valence-corrected chi connectivity index (χ3v) is 4.79. The van der Waals surface area contributed by atoms with Crippen LogP contribution < -0.4 is 24.4 Å². The molecule has 2 aromatic carbocycles. The lowest BCUT2D eigenvalue weighted by molar-refractivity contribution is -0.126. The fraction of sp³-hybridized carbons (Fsp3) is 0.300. The Balaban J connectivity index is 1.37. The van der Waals surface area contributed by atoms with Crippen LogP contribution in [-0.2, 0) is 16.1 Å². The number of methoxy groups -OCH3 is 1. The number of hydrogen-bond donors (Lipinski definition) is 1. The van der Waals surface area contributed by atoms with Crippen LogP contribution in [0.25, 0.3) is 0 Å². The van der Waals surface area contributed by atoms with Crippen LogP contribution in [0.2, 0.25) is 0 Å². The minimum absolute atomic E-state index is 0.0709. The summed E-state index contributed by atoms with van der Waals surface area (Å²) in [7, 11) is 1.61. The lowest BCUT2D eigenvalue weighted by Gasteiger charge is -2.17. The van der Waals surface area contributed by atoms with E-state index in [0.29, 0.717) is 24.6 Å². The zero-order valence-electron chi connectivity index (χ0n) is 14.9. The molecule has 7 heteroatoms. The average Bonchev–Trinajstić information content (AvgIpc) is 3.32. The van der Waals surface area contributed by atoms with Gasteiger partial charge in [-0.2, -0.15) is 0 Å². The molecule has 2 aliphatic heterocycles. The number of rotatable bonds is 5. The van der Waals surface area contributed by atoms with Crippen molar-refractivity contribution in [1.29, 1.82) is 0 Å². The molecule has 140 valence electrons. The minimum Gasteiger partial charge on any atom is -0.497 e. The second-order valence-electron chi connectivity index (χ2n) is 6.51. The van der Waals surface area contributed by atoms with Gasteiger partial charge in [-0.05, 0) is 29.8 Å². The van der Waals surface area contributed by atoms with Crippen LogP contribution in [0.3, 0.4) is 0 Å². The van der Waals surface area contributed by atoms with Crippen LogP contribution in [0.1, 0.15) is 12.0 Å². The molecule has 1 unspecified atom stereocenters. The molecule has 0 spiro atoms. The summed E-state index contributed by atoms with van der Waals surface area (Å²) in [6.45, 7) is 0.952. The van der Waals surface area contributed by atoms with Gasteiger partial charge in [0.15, 0.2) is 11.5 Å². The van der Waals surface area contributed by atoms with Crippen molar-refractivity contribution in [2.45, 2.75) is 13.0 Å². The van der Waals surface area contributed by atoms with E-state index in [1.54, 1.807) is 24.1 Å². The number of carbonyl (C=O) groups excluding carboxylic acids is 2. The molecule has 1 atom stereocenters. The first-order chi connectivity index (χ1) is 13.1. The number of anilines is 1. The van der Waals surface area contributed by atoms with Crippen LogP contribution in [0.15, 0.2) is 42.5 Å². The third-order valence-electron chi connectivity index (χ3n) is 4.79. The lowest BCUT2D eigenvalue weighted by Crippen LogP contribution is -2.32. The van der Waals surface area contributed by atoms with E-state index in [2.05, 4.69) is 5.32 Å². The van der Waals surface area contributed by atoms with Crippen molar-refractivity contribution < 1.29 is 23.8 Å². The highest BCUT2D eigenvalue weighted by molar-refractivity contribution is 6.00. The number of benzene rings is 2. The summed E-state index contributed by atoms with van der Waals surface area (Å²) in [5.41, 5.74) is 1.69. The largest absolute Gasteiger partial charge is 0.497 e. The Hall–Kier alpha value is -3.22. The molecule has 2 heterocycles. The summed E-state index contributed by atoms with van der Waals surface area (Å²) in [4.78, 5) is 26.5. The zero-order chi connectivity index (χ0) is 18.8. The molecule has 1 saturated heterocycles. The summed E-state index contributed by atoms with van der Waals surface area (Å²) < 4.78 is 15.8. The standard InChI is InChI=1S/C20H20N2O5/c1-25-16-5-2-13(3-6-16)10-21-20(24)14-8-19(23)22(11-14)15-4-7-17-18(9-15)27-12-26-17/h2-7,9,14H,8,10-12H2,1H3,(H,21,24). The molecule has 2 aromatic rings. The van der Waals surface area contributed by atoms with E-state index in [1.165, 1.54) is 0 Å². The van der Waals surface area contributed by atoms with Crippen molar-refractivity contribution in [2.24, 2.45) is 5.92 Å². The minimum atomic E-state index is -0.374. The first-order valence-corrected chi connectivity index (χ1v) is 8.74. The smallest absolute Gasteiger partial charge is 0.231 e. The molecule has 0 bridgehead atoms. The van der Waals surface area contributed by atoms with Gasteiger partial charge in [0.2, 0.25) is 18.6 Å². The van der Waals surface area contributed by atoms with Gasteiger partial charge in [0.1, 0.15) is 5.75 Å². The van der Waals surface area contributed by atoms with E-state index in [-0.39, 0.29) is 30.9 Å². The highest BCUT2D eigenvalue weighted by Gasteiger charge is 2.35. The Kier molecular flexibility index (Phi) is 4.58. The maximum Gasteiger partial charge on any atom is 0.231 e. The molecule has 1 N–H and O–H groups in total. The first-order valence-electron chi connectivity index (χ1n) is 8.74. The van der Waals surface area contributed by atoms with Gasteiger partial charge in [-0.3, -0.25) is 9.59 Å². The molecule has 1 fully saturated rings. The summed E-state index contributed by atoms with van der Waals surface area (Å²) in [6.07, 6.45) is 0.197. The van der Waals surface area contributed by atoms with Crippen molar-refractivity contribution in [3.05, 3.63) is 48.0 Å². The van der Waals surface area contributed by atoms with E-state index in [0.717, 1.165) is 17.0 Å². The highest BCUT2D eigenvalue weighted by atomic mass is 16.7. The van der Waals surface area contributed by atoms with Gasteiger partial charge < -0.3 is 24.4 Å². The second-order valence-corrected chi connectivity index (χ2v) is 6.51. The van der Waals surface area contributed by atoms with E-state index in [9.17, 15) is 9.59 Å². The van der Waals surface area contributed by atoms with Gasteiger partial charge in [0.05, 0.1) is 13.0 Å². The molecule has 2 amide bonds. The summed E-state index contributed by atoms with van der Waals surface area (Å²) in [5.74, 6) is 1.49. The van der Waals surface area contributed by atoms with Crippen molar-refractivity contribution in [3.8, 4) is 17.2 Å². The van der Waals surface area contributed by atoms with Gasteiger partial charge in [-0.1, -0.05) is 12.1 Å². The number of nitrogens with one attached hydrogen (secondary N) is 1. The maximum atomic E-state index is 12.5. The molecule has 2 aliphatic rings. The number of carbonyl (C=O) groups is 2. The van der Waals surface area contributed by atoms with Crippen LogP contribution in [-0.4, -0.2) is 32.3 Å². The van der Waals surface area contributed by atoms with E-state index in [1.807, 2.05) is 30.3 Å². The predicted molar refractivity (Wildman–Crippen MR) is 97.9 cm³/mol. The number of hydrogen-bond acceptors (Lipinski definition) is 5. The summed E-state index contributed by atoms with van der Waals surface area (Å²) >= 11 is 0. The molecule has 0 aliphatic carbocycles. The molecular weight excluding hydrogens is 348 g/mol. The van der Waals surface area contributed by atoms with Gasteiger partial charge in [-0.25, -0.2) is 0 Å². The number of amides is 2. The van der Waals surface area contributed by atoms with Gasteiger partial charge in [-0.15, -0.1) is 0 Å². The van der Waals surface area contributed by atoms with Crippen LogP contribution in [0.5, 0.6) is 17.2 Å². The Morgan fingerprint density at radius 2 is 1.96 bits per heavy atom. The van der Waals surface area contributed by atoms with E-state index >= 15 is 0 Å². The highest BCUT2D eigenvalue weighted by Crippen LogP contribution is 2.37. The van der Waals surface area contributed by atoms with Crippen LogP contribution in [0.4, 0.5) is 5.69 Å². The zero-order valence-corrected chi connectivity index (χ0v) is 14.9. The molecule has 0 saturated carbocycles.